The molecule has 27 heavy (non-hydrogen) atoms. The van der Waals surface area contributed by atoms with Crippen molar-refractivity contribution in [2.75, 3.05) is 7.11 Å². The van der Waals surface area contributed by atoms with Gasteiger partial charge < -0.3 is 4.74 Å². The molecule has 0 radical (unpaired) electrons. The summed E-state index contributed by atoms with van der Waals surface area (Å²) in [5.74, 6) is -0.255. The molecule has 6 nitrogen and oxygen atoms in total. The molecule has 1 aromatic heterocycles. The first-order chi connectivity index (χ1) is 12.9. The Kier molecular flexibility index (Phi) is 4.68. The van der Waals surface area contributed by atoms with Crippen LogP contribution in [0.3, 0.4) is 0 Å². The predicted molar refractivity (Wildman–Crippen MR) is 102 cm³/mol. The number of sulfonamides is 1. The highest BCUT2D eigenvalue weighted by Crippen LogP contribution is 2.43. The van der Waals surface area contributed by atoms with E-state index >= 15 is 0 Å². The molecule has 7 heteroatoms. The molecule has 2 heterocycles. The van der Waals surface area contributed by atoms with Gasteiger partial charge in [0.15, 0.2) is 0 Å². The number of carbonyl (C=O) groups is 1. The topological polar surface area (TPSA) is 76.6 Å². The number of methoxy groups -OCH3 is 1. The van der Waals surface area contributed by atoms with Gasteiger partial charge >= 0.3 is 5.97 Å². The summed E-state index contributed by atoms with van der Waals surface area (Å²) in [4.78, 5) is 17.0. The van der Waals surface area contributed by atoms with E-state index in [2.05, 4.69) is 4.98 Å². The van der Waals surface area contributed by atoms with Crippen LogP contribution in [0.5, 0.6) is 0 Å². The van der Waals surface area contributed by atoms with Crippen molar-refractivity contribution in [3.05, 3.63) is 36.0 Å². The summed E-state index contributed by atoms with van der Waals surface area (Å²) in [5, 5.41) is 0.598. The van der Waals surface area contributed by atoms with E-state index in [1.807, 2.05) is 6.92 Å². The first-order valence-electron chi connectivity index (χ1n) is 9.41. The van der Waals surface area contributed by atoms with Gasteiger partial charge in [-0.05, 0) is 55.9 Å². The van der Waals surface area contributed by atoms with E-state index in [0.717, 1.165) is 31.2 Å². The van der Waals surface area contributed by atoms with Gasteiger partial charge in [-0.1, -0.05) is 18.9 Å². The summed E-state index contributed by atoms with van der Waals surface area (Å²) in [6.07, 6.45) is 6.02. The van der Waals surface area contributed by atoms with E-state index < -0.39 is 22.0 Å². The molecule has 1 aliphatic carbocycles. The van der Waals surface area contributed by atoms with Gasteiger partial charge in [0.2, 0.25) is 10.0 Å². The Bertz CT molecular complexity index is 989. The number of fused-ring (bicyclic) bond motifs is 2. The van der Waals surface area contributed by atoms with Gasteiger partial charge in [0, 0.05) is 17.6 Å². The number of hydrogen-bond donors (Lipinski definition) is 0. The third kappa shape index (κ3) is 2.93. The molecule has 3 atom stereocenters. The van der Waals surface area contributed by atoms with Gasteiger partial charge in [0.1, 0.15) is 6.04 Å². The number of ether oxygens (including phenoxy) is 1. The molecule has 1 saturated carbocycles. The van der Waals surface area contributed by atoms with Gasteiger partial charge in [-0.2, -0.15) is 4.31 Å². The highest BCUT2D eigenvalue weighted by Gasteiger charge is 2.51. The molecule has 4 rings (SSSR count). The van der Waals surface area contributed by atoms with E-state index in [4.69, 9.17) is 4.74 Å². The molecule has 144 valence electrons. The molecule has 0 N–H and O–H groups in total. The predicted octanol–water partition coefficient (Wildman–Crippen LogP) is 3.04. The van der Waals surface area contributed by atoms with Gasteiger partial charge in [-0.15, -0.1) is 0 Å². The van der Waals surface area contributed by atoms with E-state index in [1.54, 1.807) is 30.5 Å². The van der Waals surface area contributed by atoms with Crippen molar-refractivity contribution in [2.24, 2.45) is 5.92 Å². The highest BCUT2D eigenvalue weighted by molar-refractivity contribution is 7.89. The van der Waals surface area contributed by atoms with Crippen molar-refractivity contribution in [3.8, 4) is 0 Å². The first kappa shape index (κ1) is 18.4. The number of hydrogen-bond acceptors (Lipinski definition) is 5. The molecule has 2 aromatic rings. The summed E-state index contributed by atoms with van der Waals surface area (Å²) in [7, 11) is -2.54. The van der Waals surface area contributed by atoms with Crippen LogP contribution in [-0.4, -0.2) is 42.9 Å². The minimum Gasteiger partial charge on any atom is -0.468 e. The Hall–Kier alpha value is -1.99. The summed E-state index contributed by atoms with van der Waals surface area (Å²) in [5.41, 5.74) is 1.60. The monoisotopic (exact) mass is 388 g/mol. The fourth-order valence-corrected chi connectivity index (χ4v) is 6.78. The van der Waals surface area contributed by atoms with Crippen LogP contribution < -0.4 is 0 Å². The third-order valence-electron chi connectivity index (χ3n) is 5.99. The quantitative estimate of drug-likeness (QED) is 0.756. The molecular weight excluding hydrogens is 364 g/mol. The Labute approximate surface area is 159 Å². The van der Waals surface area contributed by atoms with Crippen LogP contribution in [0.25, 0.3) is 10.9 Å². The molecule has 3 unspecified atom stereocenters. The third-order valence-corrected chi connectivity index (χ3v) is 7.98. The normalized spacial score (nSPS) is 26.1. The Balaban J connectivity index is 1.87. The molecule has 0 amide bonds. The van der Waals surface area contributed by atoms with Crippen molar-refractivity contribution in [1.82, 2.24) is 9.29 Å². The van der Waals surface area contributed by atoms with Crippen molar-refractivity contribution >= 4 is 26.9 Å². The Morgan fingerprint density at radius 3 is 2.78 bits per heavy atom. The second-order valence-electron chi connectivity index (χ2n) is 7.50. The molecule has 1 aromatic carbocycles. The fourth-order valence-electron chi connectivity index (χ4n) is 4.73. The zero-order valence-electron chi connectivity index (χ0n) is 15.6. The van der Waals surface area contributed by atoms with Crippen molar-refractivity contribution in [1.29, 1.82) is 0 Å². The van der Waals surface area contributed by atoms with Crippen molar-refractivity contribution in [3.63, 3.8) is 0 Å². The van der Waals surface area contributed by atoms with Crippen LogP contribution >= 0.6 is 0 Å². The number of benzene rings is 1. The number of aryl methyl sites for hydroxylation is 1. The molecular formula is C20H24N2O4S. The van der Waals surface area contributed by atoms with Crippen LogP contribution in [0.4, 0.5) is 0 Å². The smallest absolute Gasteiger partial charge is 0.324 e. The fraction of sp³-hybridized carbons (Fsp3) is 0.500. The van der Waals surface area contributed by atoms with Gasteiger partial charge in [0.25, 0.3) is 0 Å². The summed E-state index contributed by atoms with van der Waals surface area (Å²) in [6, 6.07) is 6.06. The molecule has 1 saturated heterocycles. The zero-order chi connectivity index (χ0) is 19.2. The van der Waals surface area contributed by atoms with Crippen LogP contribution in [0.2, 0.25) is 0 Å². The lowest BCUT2D eigenvalue weighted by molar-refractivity contribution is -0.144. The number of esters is 1. The zero-order valence-corrected chi connectivity index (χ0v) is 16.4. The van der Waals surface area contributed by atoms with Crippen molar-refractivity contribution < 1.29 is 17.9 Å². The van der Waals surface area contributed by atoms with Gasteiger partial charge in [-0.25, -0.2) is 8.42 Å². The van der Waals surface area contributed by atoms with Crippen LogP contribution in [0.15, 0.2) is 35.4 Å². The number of pyridine rings is 1. The molecule has 1 aliphatic heterocycles. The lowest BCUT2D eigenvalue weighted by Crippen LogP contribution is -2.46. The average molecular weight is 388 g/mol. The van der Waals surface area contributed by atoms with E-state index in [0.29, 0.717) is 17.3 Å². The average Bonchev–Trinajstić information content (AvgIpc) is 3.08. The summed E-state index contributed by atoms with van der Waals surface area (Å²) < 4.78 is 33.9. The number of rotatable bonds is 3. The second kappa shape index (κ2) is 6.87. The largest absolute Gasteiger partial charge is 0.468 e. The summed E-state index contributed by atoms with van der Waals surface area (Å²) in [6.45, 7) is 1.91. The first-order valence-corrected chi connectivity index (χ1v) is 10.8. The summed E-state index contributed by atoms with van der Waals surface area (Å²) >= 11 is 0. The van der Waals surface area contributed by atoms with E-state index in [-0.39, 0.29) is 16.9 Å². The maximum Gasteiger partial charge on any atom is 0.324 e. The lowest BCUT2D eigenvalue weighted by Gasteiger charge is -2.32. The molecule has 0 bridgehead atoms. The molecule has 0 spiro atoms. The van der Waals surface area contributed by atoms with Crippen LogP contribution in [0.1, 0.15) is 37.7 Å². The standard InChI is InChI=1S/C20H24N2O4S/c1-13-9-10-18(15-7-5-11-21-19(13)15)27(24,25)22-16-8-4-3-6-14(16)12-17(22)20(23)26-2/h5,7,9-11,14,16-17H,3-4,6,8,12H2,1-2H3. The minimum atomic E-state index is -3.86. The van der Waals surface area contributed by atoms with Gasteiger partial charge in [0.05, 0.1) is 17.5 Å². The molecule has 2 fully saturated rings. The second-order valence-corrected chi connectivity index (χ2v) is 9.31. The Morgan fingerprint density at radius 1 is 1.22 bits per heavy atom. The van der Waals surface area contributed by atoms with Gasteiger partial charge in [-0.3, -0.25) is 9.78 Å². The van der Waals surface area contributed by atoms with E-state index in [1.165, 1.54) is 11.4 Å². The number of aromatic nitrogens is 1. The van der Waals surface area contributed by atoms with Crippen LogP contribution in [-0.2, 0) is 19.6 Å². The number of carbonyl (C=O) groups excluding carboxylic acids is 1. The highest BCUT2D eigenvalue weighted by atomic mass is 32.2. The maximum absolute atomic E-state index is 13.7. The maximum atomic E-state index is 13.7. The lowest BCUT2D eigenvalue weighted by atomic mass is 9.85. The SMILES string of the molecule is COC(=O)C1CC2CCCCC2N1S(=O)(=O)c1ccc(C)c2ncccc12. The minimum absolute atomic E-state index is 0.138. The Morgan fingerprint density at radius 2 is 2.00 bits per heavy atom. The molecule has 2 aliphatic rings. The van der Waals surface area contributed by atoms with Crippen LogP contribution in [0, 0.1) is 12.8 Å². The number of nitrogens with zero attached hydrogens (tertiary/aromatic N) is 2. The van der Waals surface area contributed by atoms with E-state index in [9.17, 15) is 13.2 Å². The van der Waals surface area contributed by atoms with Crippen molar-refractivity contribution in [2.45, 2.75) is 56.0 Å².